The number of carbonyl (C=O) groups is 1. The average Bonchev–Trinajstić information content (AvgIpc) is 2.24. The molecule has 4 nitrogen and oxygen atoms in total. The molecule has 4 heteroatoms. The van der Waals surface area contributed by atoms with Crippen LogP contribution >= 0.6 is 0 Å². The van der Waals surface area contributed by atoms with Gasteiger partial charge in [0, 0.05) is 12.6 Å². The molecule has 1 N–H and O–H groups in total. The smallest absolute Gasteiger partial charge is 0.407 e. The molecule has 0 spiro atoms. The van der Waals surface area contributed by atoms with Crippen LogP contribution in [0.15, 0.2) is 0 Å². The highest BCUT2D eigenvalue weighted by Crippen LogP contribution is 2.13. The lowest BCUT2D eigenvalue weighted by molar-refractivity contribution is 0.0471. The lowest BCUT2D eigenvalue weighted by atomic mass is 10.0. The maximum Gasteiger partial charge on any atom is 0.407 e. The van der Waals surface area contributed by atoms with Gasteiger partial charge in [0.1, 0.15) is 5.60 Å². The van der Waals surface area contributed by atoms with Gasteiger partial charge in [-0.3, -0.25) is 0 Å². The highest BCUT2D eigenvalue weighted by molar-refractivity contribution is 5.68. The summed E-state index contributed by atoms with van der Waals surface area (Å²) >= 11 is 0. The number of ether oxygens (including phenoxy) is 1. The molecule has 0 saturated carbocycles. The monoisotopic (exact) mass is 270 g/mol. The van der Waals surface area contributed by atoms with E-state index in [1.807, 2.05) is 20.8 Å². The Morgan fingerprint density at radius 1 is 1.42 bits per heavy atom. The van der Waals surface area contributed by atoms with Crippen LogP contribution in [0, 0.1) is 5.92 Å². The van der Waals surface area contributed by atoms with Crippen LogP contribution in [0.4, 0.5) is 4.79 Å². The molecule has 0 unspecified atom stereocenters. The van der Waals surface area contributed by atoms with E-state index in [2.05, 4.69) is 24.1 Å². The molecule has 1 fully saturated rings. The average molecular weight is 270 g/mol. The molecule has 0 aromatic carbocycles. The molecule has 0 radical (unpaired) electrons. The topological polar surface area (TPSA) is 41.6 Å². The molecule has 1 aliphatic heterocycles. The normalized spacial score (nSPS) is 21.5. The maximum absolute atomic E-state index is 11.7. The highest BCUT2D eigenvalue weighted by atomic mass is 16.6. The quantitative estimate of drug-likeness (QED) is 0.854. The molecule has 0 aromatic rings. The summed E-state index contributed by atoms with van der Waals surface area (Å²) < 4.78 is 5.31. The van der Waals surface area contributed by atoms with Crippen LogP contribution in [0.3, 0.4) is 0 Å². The Bertz CT molecular complexity index is 284. The molecule has 112 valence electrons. The molecular weight excluding hydrogens is 240 g/mol. The van der Waals surface area contributed by atoms with Gasteiger partial charge in [0.2, 0.25) is 0 Å². The van der Waals surface area contributed by atoms with Crippen LogP contribution in [0.25, 0.3) is 0 Å². The Labute approximate surface area is 117 Å². The van der Waals surface area contributed by atoms with Crippen molar-refractivity contribution < 1.29 is 9.53 Å². The second-order valence-electron chi connectivity index (χ2n) is 6.97. The van der Waals surface area contributed by atoms with Gasteiger partial charge in [-0.15, -0.1) is 0 Å². The predicted molar refractivity (Wildman–Crippen MR) is 78.3 cm³/mol. The molecule has 0 aromatic heterocycles. The number of likely N-dealkylation sites (tertiary alicyclic amines) is 1. The molecule has 0 bridgehead atoms. The van der Waals surface area contributed by atoms with Crippen molar-refractivity contribution in [3.05, 3.63) is 0 Å². The third kappa shape index (κ3) is 7.41. The highest BCUT2D eigenvalue weighted by Gasteiger charge is 2.23. The van der Waals surface area contributed by atoms with Gasteiger partial charge in [0.25, 0.3) is 0 Å². The summed E-state index contributed by atoms with van der Waals surface area (Å²) in [7, 11) is 0. The summed E-state index contributed by atoms with van der Waals surface area (Å²) in [6.45, 7) is 13.4. The van der Waals surface area contributed by atoms with Gasteiger partial charge in [0.15, 0.2) is 0 Å². The Balaban J connectivity index is 2.32. The molecule has 1 saturated heterocycles. The van der Waals surface area contributed by atoms with Gasteiger partial charge >= 0.3 is 6.09 Å². The number of piperidine rings is 1. The molecule has 1 heterocycles. The van der Waals surface area contributed by atoms with E-state index in [0.29, 0.717) is 0 Å². The van der Waals surface area contributed by atoms with Crippen molar-refractivity contribution in [1.82, 2.24) is 10.2 Å². The van der Waals surface area contributed by atoms with Crippen LogP contribution in [0.5, 0.6) is 0 Å². The Morgan fingerprint density at radius 3 is 2.68 bits per heavy atom. The maximum atomic E-state index is 11.7. The minimum absolute atomic E-state index is 0.232. The Kier molecular flexibility index (Phi) is 6.11. The third-order valence-corrected chi connectivity index (χ3v) is 3.25. The van der Waals surface area contributed by atoms with E-state index in [4.69, 9.17) is 4.74 Å². The predicted octanol–water partition coefficient (Wildman–Crippen LogP) is 3.02. The second-order valence-corrected chi connectivity index (χ2v) is 6.97. The minimum atomic E-state index is -0.421. The molecular formula is C15H30N2O2. The van der Waals surface area contributed by atoms with Crippen molar-refractivity contribution in [2.24, 2.45) is 5.92 Å². The van der Waals surface area contributed by atoms with Crippen molar-refractivity contribution in [3.8, 4) is 0 Å². The number of nitrogens with zero attached hydrogens (tertiary/aromatic N) is 1. The summed E-state index contributed by atoms with van der Waals surface area (Å²) in [4.78, 5) is 14.2. The molecule has 19 heavy (non-hydrogen) atoms. The second kappa shape index (κ2) is 7.13. The van der Waals surface area contributed by atoms with Crippen LogP contribution < -0.4 is 5.32 Å². The number of amides is 1. The van der Waals surface area contributed by atoms with E-state index in [9.17, 15) is 4.79 Å². The zero-order chi connectivity index (χ0) is 14.5. The summed E-state index contributed by atoms with van der Waals surface area (Å²) in [5.41, 5.74) is -0.421. The summed E-state index contributed by atoms with van der Waals surface area (Å²) in [5, 5.41) is 2.99. The molecule has 1 amide bonds. The Morgan fingerprint density at radius 2 is 2.11 bits per heavy atom. The van der Waals surface area contributed by atoms with Gasteiger partial charge in [-0.05, 0) is 59.0 Å². The number of hydrogen-bond acceptors (Lipinski definition) is 3. The molecule has 1 rings (SSSR count). The summed E-state index contributed by atoms with van der Waals surface area (Å²) in [6, 6.07) is 0.232. The summed E-state index contributed by atoms with van der Waals surface area (Å²) in [6.07, 6.45) is 3.14. The number of hydrogen-bond donors (Lipinski definition) is 1. The molecule has 1 aliphatic rings. The molecule has 1 atom stereocenters. The van der Waals surface area contributed by atoms with Gasteiger partial charge in [-0.1, -0.05) is 13.8 Å². The SMILES string of the molecule is CC(C)CCN1CCC[C@@H](NC(=O)OC(C)(C)C)C1. The first-order valence-electron chi connectivity index (χ1n) is 7.48. The fraction of sp³-hybridized carbons (Fsp3) is 0.933. The zero-order valence-corrected chi connectivity index (χ0v) is 13.2. The van der Waals surface area contributed by atoms with E-state index < -0.39 is 5.60 Å². The van der Waals surface area contributed by atoms with Crippen molar-refractivity contribution in [1.29, 1.82) is 0 Å². The number of rotatable bonds is 4. The van der Waals surface area contributed by atoms with Gasteiger partial charge in [-0.2, -0.15) is 0 Å². The Hall–Kier alpha value is -0.770. The van der Waals surface area contributed by atoms with Gasteiger partial charge < -0.3 is 15.0 Å². The first kappa shape index (κ1) is 16.3. The third-order valence-electron chi connectivity index (χ3n) is 3.25. The minimum Gasteiger partial charge on any atom is -0.444 e. The van der Waals surface area contributed by atoms with E-state index in [-0.39, 0.29) is 12.1 Å². The van der Waals surface area contributed by atoms with E-state index in [1.165, 1.54) is 6.42 Å². The van der Waals surface area contributed by atoms with Crippen molar-refractivity contribution in [2.75, 3.05) is 19.6 Å². The standard InChI is InChI=1S/C15H30N2O2/c1-12(2)8-10-17-9-6-7-13(11-17)16-14(18)19-15(3,4)5/h12-13H,6-11H2,1-5H3,(H,16,18)/t13-/m1/s1. The number of nitrogens with one attached hydrogen (secondary N) is 1. The number of alkyl carbamates (subject to hydrolysis) is 1. The largest absolute Gasteiger partial charge is 0.444 e. The van der Waals surface area contributed by atoms with Crippen LogP contribution in [-0.4, -0.2) is 42.3 Å². The molecule has 0 aliphatic carbocycles. The fourth-order valence-electron chi connectivity index (χ4n) is 2.29. The first-order chi connectivity index (χ1) is 8.76. The van der Waals surface area contributed by atoms with Crippen LogP contribution in [0.1, 0.15) is 53.9 Å². The van der Waals surface area contributed by atoms with Crippen molar-refractivity contribution in [2.45, 2.75) is 65.5 Å². The van der Waals surface area contributed by atoms with E-state index in [1.54, 1.807) is 0 Å². The lowest BCUT2D eigenvalue weighted by Gasteiger charge is -2.33. The van der Waals surface area contributed by atoms with Crippen LogP contribution in [-0.2, 0) is 4.74 Å². The van der Waals surface area contributed by atoms with Crippen molar-refractivity contribution in [3.63, 3.8) is 0 Å². The van der Waals surface area contributed by atoms with Crippen molar-refractivity contribution >= 4 is 6.09 Å². The summed E-state index contributed by atoms with van der Waals surface area (Å²) in [5.74, 6) is 0.735. The van der Waals surface area contributed by atoms with E-state index >= 15 is 0 Å². The lowest BCUT2D eigenvalue weighted by Crippen LogP contribution is -2.49. The van der Waals surface area contributed by atoms with Gasteiger partial charge in [0.05, 0.1) is 0 Å². The van der Waals surface area contributed by atoms with Crippen LogP contribution in [0.2, 0.25) is 0 Å². The van der Waals surface area contributed by atoms with Gasteiger partial charge in [-0.25, -0.2) is 4.79 Å². The number of carbonyl (C=O) groups excluding carboxylic acids is 1. The van der Waals surface area contributed by atoms with E-state index in [0.717, 1.165) is 38.4 Å². The fourth-order valence-corrected chi connectivity index (χ4v) is 2.29. The zero-order valence-electron chi connectivity index (χ0n) is 13.2. The first-order valence-corrected chi connectivity index (χ1v) is 7.48.